The molecule has 1 heterocycles. The van der Waals surface area contributed by atoms with Crippen LogP contribution >= 0.6 is 0 Å². The predicted molar refractivity (Wildman–Crippen MR) is 70.8 cm³/mol. The smallest absolute Gasteiger partial charge is 0.223 e. The molecule has 0 radical (unpaired) electrons. The lowest BCUT2D eigenvalue weighted by Crippen LogP contribution is -2.25. The van der Waals surface area contributed by atoms with Gasteiger partial charge in [-0.05, 0) is 30.0 Å². The number of anilines is 1. The summed E-state index contributed by atoms with van der Waals surface area (Å²) in [7, 11) is 0. The highest BCUT2D eigenvalue weighted by molar-refractivity contribution is 5.93. The Bertz CT molecular complexity index is 475. The number of fused-ring (bicyclic) bond motifs is 1. The molecule has 0 fully saturated rings. The molecule has 1 aliphatic heterocycles. The van der Waals surface area contributed by atoms with Gasteiger partial charge in [0, 0.05) is 25.8 Å². The minimum Gasteiger partial charge on any atom is -0.396 e. The van der Waals surface area contributed by atoms with E-state index in [1.807, 2.05) is 6.07 Å². The number of hydrogen-bond acceptors (Lipinski definition) is 4. The zero-order valence-corrected chi connectivity index (χ0v) is 10.9. The summed E-state index contributed by atoms with van der Waals surface area (Å²) in [5.74, 6) is 0.00682. The van der Waals surface area contributed by atoms with Crippen molar-refractivity contribution in [3.8, 4) is 0 Å². The molecule has 1 aliphatic rings. The normalized spacial score (nSPS) is 17.2. The number of hydrogen-bond donors (Lipinski definition) is 3. The maximum absolute atomic E-state index is 11.4. The second kappa shape index (κ2) is 5.69. The second-order valence-electron chi connectivity index (χ2n) is 4.83. The molecule has 0 saturated carbocycles. The van der Waals surface area contributed by atoms with E-state index in [2.05, 4.69) is 0 Å². The molecule has 0 aromatic heterocycles. The van der Waals surface area contributed by atoms with Crippen molar-refractivity contribution in [2.24, 2.45) is 0 Å². The van der Waals surface area contributed by atoms with Crippen molar-refractivity contribution in [2.45, 2.75) is 32.0 Å². The average molecular weight is 265 g/mol. The van der Waals surface area contributed by atoms with Crippen molar-refractivity contribution in [2.75, 3.05) is 18.1 Å². The number of aliphatic hydroxyl groups excluding tert-OH is 3. The molecule has 2 rings (SSSR count). The summed E-state index contributed by atoms with van der Waals surface area (Å²) in [4.78, 5) is 13.1. The Morgan fingerprint density at radius 3 is 2.79 bits per heavy atom. The third kappa shape index (κ3) is 2.78. The average Bonchev–Trinajstić information content (AvgIpc) is 2.80. The first-order valence-corrected chi connectivity index (χ1v) is 6.42. The molecule has 1 amide bonds. The fourth-order valence-electron chi connectivity index (χ4n) is 2.45. The summed E-state index contributed by atoms with van der Waals surface area (Å²) in [6.07, 6.45) is -1.10. The maximum atomic E-state index is 11.4. The molecule has 2 unspecified atom stereocenters. The first kappa shape index (κ1) is 14.0. The topological polar surface area (TPSA) is 81.0 Å². The van der Waals surface area contributed by atoms with Crippen LogP contribution in [0.5, 0.6) is 0 Å². The molecule has 0 bridgehead atoms. The van der Waals surface area contributed by atoms with Crippen LogP contribution in [0.3, 0.4) is 0 Å². The van der Waals surface area contributed by atoms with E-state index in [4.69, 9.17) is 5.11 Å². The van der Waals surface area contributed by atoms with Gasteiger partial charge in [0.1, 0.15) is 6.10 Å². The van der Waals surface area contributed by atoms with Crippen LogP contribution in [0.4, 0.5) is 5.69 Å². The van der Waals surface area contributed by atoms with Gasteiger partial charge in [0.2, 0.25) is 5.91 Å². The van der Waals surface area contributed by atoms with Crippen LogP contribution in [0.2, 0.25) is 0 Å². The van der Waals surface area contributed by atoms with Crippen LogP contribution in [-0.4, -0.2) is 40.5 Å². The van der Waals surface area contributed by atoms with E-state index < -0.39 is 12.2 Å². The zero-order chi connectivity index (χ0) is 14.0. The molecule has 19 heavy (non-hydrogen) atoms. The van der Waals surface area contributed by atoms with Crippen LogP contribution in [0.1, 0.15) is 30.6 Å². The van der Waals surface area contributed by atoms with E-state index in [1.54, 1.807) is 17.0 Å². The van der Waals surface area contributed by atoms with Crippen LogP contribution in [0.25, 0.3) is 0 Å². The Labute approximate surface area is 112 Å². The van der Waals surface area contributed by atoms with Gasteiger partial charge in [-0.2, -0.15) is 0 Å². The van der Waals surface area contributed by atoms with Crippen molar-refractivity contribution in [1.29, 1.82) is 0 Å². The fraction of sp³-hybridized carbons (Fsp3) is 0.500. The first-order chi connectivity index (χ1) is 9.04. The van der Waals surface area contributed by atoms with Crippen molar-refractivity contribution in [1.82, 2.24) is 0 Å². The van der Waals surface area contributed by atoms with Gasteiger partial charge in [-0.3, -0.25) is 4.79 Å². The first-order valence-electron chi connectivity index (χ1n) is 6.42. The Morgan fingerprint density at radius 2 is 2.16 bits per heavy atom. The van der Waals surface area contributed by atoms with Crippen LogP contribution < -0.4 is 4.90 Å². The van der Waals surface area contributed by atoms with Gasteiger partial charge in [-0.15, -0.1) is 0 Å². The molecule has 104 valence electrons. The third-order valence-corrected chi connectivity index (χ3v) is 3.51. The quantitative estimate of drug-likeness (QED) is 0.735. The highest BCUT2D eigenvalue weighted by Crippen LogP contribution is 2.31. The molecule has 2 atom stereocenters. The van der Waals surface area contributed by atoms with Crippen LogP contribution in [0.15, 0.2) is 18.2 Å². The van der Waals surface area contributed by atoms with E-state index in [1.165, 1.54) is 6.92 Å². The lowest BCUT2D eigenvalue weighted by Gasteiger charge is -2.19. The summed E-state index contributed by atoms with van der Waals surface area (Å²) >= 11 is 0. The van der Waals surface area contributed by atoms with Gasteiger partial charge in [0.05, 0.1) is 6.10 Å². The molecule has 0 aliphatic carbocycles. The number of amides is 1. The summed E-state index contributed by atoms with van der Waals surface area (Å²) < 4.78 is 0. The predicted octanol–water partition coefficient (Wildman–Crippen LogP) is 0.372. The summed E-state index contributed by atoms with van der Waals surface area (Å²) in [6, 6.07) is 5.34. The van der Waals surface area contributed by atoms with Crippen molar-refractivity contribution in [3.05, 3.63) is 29.3 Å². The summed E-state index contributed by atoms with van der Waals surface area (Å²) in [6.45, 7) is 2.02. The maximum Gasteiger partial charge on any atom is 0.223 e. The van der Waals surface area contributed by atoms with Gasteiger partial charge < -0.3 is 20.2 Å². The highest BCUT2D eigenvalue weighted by atomic mass is 16.3. The Balaban J connectivity index is 2.21. The lowest BCUT2D eigenvalue weighted by molar-refractivity contribution is -0.116. The van der Waals surface area contributed by atoms with Crippen molar-refractivity contribution >= 4 is 11.6 Å². The standard InChI is InChI=1S/C14H19NO4/c1-9(17)15-6-4-10-8-11(2-3-12(10)15)14(19)13(18)5-7-16/h2-3,8,13-14,16,18-19H,4-7H2,1H3. The van der Waals surface area contributed by atoms with E-state index in [0.717, 1.165) is 17.7 Å². The molecule has 0 spiro atoms. The number of rotatable bonds is 4. The molecule has 3 N–H and O–H groups in total. The minimum absolute atomic E-state index is 0.00682. The van der Waals surface area contributed by atoms with Gasteiger partial charge >= 0.3 is 0 Å². The molecular weight excluding hydrogens is 246 g/mol. The molecule has 5 nitrogen and oxygen atoms in total. The molecule has 0 saturated heterocycles. The van der Waals surface area contributed by atoms with E-state index in [0.29, 0.717) is 12.1 Å². The SMILES string of the molecule is CC(=O)N1CCc2cc(C(O)C(O)CCO)ccc21. The number of aliphatic hydroxyl groups is 3. The largest absolute Gasteiger partial charge is 0.396 e. The fourth-order valence-corrected chi connectivity index (χ4v) is 2.45. The Hall–Kier alpha value is -1.43. The van der Waals surface area contributed by atoms with Gasteiger partial charge in [0.15, 0.2) is 0 Å². The molecule has 5 heteroatoms. The van der Waals surface area contributed by atoms with E-state index in [-0.39, 0.29) is 18.9 Å². The van der Waals surface area contributed by atoms with Crippen LogP contribution in [0, 0.1) is 0 Å². The summed E-state index contributed by atoms with van der Waals surface area (Å²) in [5.41, 5.74) is 2.49. The minimum atomic E-state index is -1.01. The van der Waals surface area contributed by atoms with Gasteiger partial charge in [0.25, 0.3) is 0 Å². The monoisotopic (exact) mass is 265 g/mol. The number of carbonyl (C=O) groups excluding carboxylic acids is 1. The zero-order valence-electron chi connectivity index (χ0n) is 10.9. The molecule has 1 aromatic carbocycles. The Kier molecular flexibility index (Phi) is 4.19. The number of carbonyl (C=O) groups is 1. The number of benzene rings is 1. The van der Waals surface area contributed by atoms with E-state index in [9.17, 15) is 15.0 Å². The van der Waals surface area contributed by atoms with Gasteiger partial charge in [-0.1, -0.05) is 12.1 Å². The van der Waals surface area contributed by atoms with Gasteiger partial charge in [-0.25, -0.2) is 0 Å². The van der Waals surface area contributed by atoms with Crippen LogP contribution in [-0.2, 0) is 11.2 Å². The number of nitrogens with zero attached hydrogens (tertiary/aromatic N) is 1. The molecule has 1 aromatic rings. The molecular formula is C14H19NO4. The second-order valence-corrected chi connectivity index (χ2v) is 4.83. The third-order valence-electron chi connectivity index (χ3n) is 3.51. The van der Waals surface area contributed by atoms with Crippen molar-refractivity contribution in [3.63, 3.8) is 0 Å². The highest BCUT2D eigenvalue weighted by Gasteiger charge is 2.24. The van der Waals surface area contributed by atoms with Crippen molar-refractivity contribution < 1.29 is 20.1 Å². The Morgan fingerprint density at radius 1 is 1.42 bits per heavy atom. The summed E-state index contributed by atoms with van der Waals surface area (Å²) in [5, 5.41) is 28.4. The van der Waals surface area contributed by atoms with E-state index >= 15 is 0 Å². The lowest BCUT2D eigenvalue weighted by atomic mass is 9.99.